The van der Waals surface area contributed by atoms with Crippen LogP contribution >= 0.6 is 15.9 Å². The van der Waals surface area contributed by atoms with Crippen LogP contribution in [0.2, 0.25) is 0 Å². The summed E-state index contributed by atoms with van der Waals surface area (Å²) >= 11 is 3.37. The van der Waals surface area contributed by atoms with Gasteiger partial charge in [-0.2, -0.15) is 0 Å². The van der Waals surface area contributed by atoms with E-state index in [1.165, 1.54) is 0 Å². The highest BCUT2D eigenvalue weighted by Gasteiger charge is 2.08. The first-order chi connectivity index (χ1) is 10.0. The molecule has 0 aliphatic heterocycles. The Kier molecular flexibility index (Phi) is 5.52. The molecule has 5 nitrogen and oxygen atoms in total. The van der Waals surface area contributed by atoms with Gasteiger partial charge >= 0.3 is 0 Å². The van der Waals surface area contributed by atoms with Crippen molar-refractivity contribution < 1.29 is 4.79 Å². The molecule has 0 aliphatic carbocycles. The van der Waals surface area contributed by atoms with Crippen LogP contribution < -0.4 is 10.6 Å². The second-order valence-electron chi connectivity index (χ2n) is 5.06. The second kappa shape index (κ2) is 7.38. The smallest absolute Gasteiger partial charge is 0.244 e. The number of halogens is 1. The summed E-state index contributed by atoms with van der Waals surface area (Å²) in [5.74, 6) is 0.788. The van der Waals surface area contributed by atoms with Gasteiger partial charge < -0.3 is 15.2 Å². The number of benzene rings is 1. The molecule has 0 bridgehead atoms. The topological polar surface area (TPSA) is 59.0 Å². The molecule has 2 N–H and O–H groups in total. The fourth-order valence-electron chi connectivity index (χ4n) is 1.84. The third kappa shape index (κ3) is 4.99. The average Bonchev–Trinajstić information content (AvgIpc) is 2.86. The van der Waals surface area contributed by atoms with Gasteiger partial charge in [-0.15, -0.1) is 0 Å². The fourth-order valence-corrected chi connectivity index (χ4v) is 2.10. The quantitative estimate of drug-likeness (QED) is 0.841. The predicted octanol–water partition coefficient (Wildman–Crippen LogP) is 2.78. The number of carbonyl (C=O) groups excluding carboxylic acids is 1. The van der Waals surface area contributed by atoms with Crippen molar-refractivity contribution >= 4 is 27.5 Å². The lowest BCUT2D eigenvalue weighted by Gasteiger charge is -2.11. The predicted molar refractivity (Wildman–Crippen MR) is 87.0 cm³/mol. The van der Waals surface area contributed by atoms with Gasteiger partial charge in [0.25, 0.3) is 0 Å². The molecule has 0 saturated heterocycles. The Labute approximate surface area is 132 Å². The molecule has 0 fully saturated rings. The van der Waals surface area contributed by atoms with Crippen molar-refractivity contribution in [1.29, 1.82) is 0 Å². The van der Waals surface area contributed by atoms with Crippen molar-refractivity contribution in [2.45, 2.75) is 33.0 Å². The normalized spacial score (nSPS) is 10.9. The molecule has 2 rings (SSSR count). The molecule has 6 heteroatoms. The minimum Gasteiger partial charge on any atom is -0.325 e. The van der Waals surface area contributed by atoms with E-state index in [4.69, 9.17) is 0 Å². The number of hydrogen-bond acceptors (Lipinski definition) is 3. The Hall–Kier alpha value is -1.66. The Morgan fingerprint density at radius 1 is 1.33 bits per heavy atom. The zero-order chi connectivity index (χ0) is 15.2. The summed E-state index contributed by atoms with van der Waals surface area (Å²) in [6.07, 6.45) is 3.53. The van der Waals surface area contributed by atoms with Crippen LogP contribution in [0.4, 0.5) is 5.69 Å². The number of aromatic nitrogens is 2. The van der Waals surface area contributed by atoms with E-state index in [0.29, 0.717) is 12.6 Å². The maximum absolute atomic E-state index is 12.1. The summed E-state index contributed by atoms with van der Waals surface area (Å²) in [6, 6.07) is 7.89. The Balaban J connectivity index is 1.93. The van der Waals surface area contributed by atoms with E-state index in [9.17, 15) is 4.79 Å². The molecular weight excluding hydrogens is 332 g/mol. The van der Waals surface area contributed by atoms with Crippen LogP contribution in [0.5, 0.6) is 0 Å². The van der Waals surface area contributed by atoms with E-state index < -0.39 is 0 Å². The van der Waals surface area contributed by atoms with Crippen LogP contribution in [-0.4, -0.2) is 21.5 Å². The fraction of sp³-hybridized carbons (Fsp3) is 0.333. The number of rotatable bonds is 6. The summed E-state index contributed by atoms with van der Waals surface area (Å²) in [7, 11) is 0. The van der Waals surface area contributed by atoms with Crippen molar-refractivity contribution in [3.8, 4) is 0 Å². The van der Waals surface area contributed by atoms with Gasteiger partial charge in [-0.3, -0.25) is 4.79 Å². The largest absolute Gasteiger partial charge is 0.325 e. The molecule has 1 aromatic carbocycles. The standard InChI is InChI=1S/C15H19BrN4O/c1-11(2)18-9-14-17-7-8-20(14)10-15(21)19-13-5-3-12(16)4-6-13/h3-8,11,18H,9-10H2,1-2H3,(H,19,21). The Bertz CT molecular complexity index is 592. The first kappa shape index (κ1) is 15.7. The molecule has 0 radical (unpaired) electrons. The zero-order valence-corrected chi connectivity index (χ0v) is 13.7. The van der Waals surface area contributed by atoms with Crippen molar-refractivity contribution in [3.63, 3.8) is 0 Å². The average molecular weight is 351 g/mol. The molecule has 2 aromatic rings. The number of nitrogens with zero attached hydrogens (tertiary/aromatic N) is 2. The lowest BCUT2D eigenvalue weighted by Crippen LogP contribution is -2.26. The third-order valence-electron chi connectivity index (χ3n) is 2.91. The van der Waals surface area contributed by atoms with E-state index >= 15 is 0 Å². The van der Waals surface area contributed by atoms with E-state index in [2.05, 4.69) is 45.4 Å². The van der Waals surface area contributed by atoms with Crippen LogP contribution in [0.1, 0.15) is 19.7 Å². The van der Waals surface area contributed by atoms with Gasteiger partial charge in [-0.25, -0.2) is 4.98 Å². The Morgan fingerprint density at radius 3 is 2.71 bits per heavy atom. The molecule has 21 heavy (non-hydrogen) atoms. The van der Waals surface area contributed by atoms with Crippen LogP contribution in [-0.2, 0) is 17.9 Å². The summed E-state index contributed by atoms with van der Waals surface area (Å²) in [4.78, 5) is 16.3. The number of imidazole rings is 1. The number of anilines is 1. The van der Waals surface area contributed by atoms with Gasteiger partial charge in [0.2, 0.25) is 5.91 Å². The van der Waals surface area contributed by atoms with Gasteiger partial charge in [0.05, 0.1) is 6.54 Å². The molecule has 0 saturated carbocycles. The molecule has 112 valence electrons. The highest BCUT2D eigenvalue weighted by atomic mass is 79.9. The van der Waals surface area contributed by atoms with Gasteiger partial charge in [-0.05, 0) is 24.3 Å². The van der Waals surface area contributed by atoms with Crippen LogP contribution in [0.3, 0.4) is 0 Å². The highest BCUT2D eigenvalue weighted by Crippen LogP contribution is 2.14. The van der Waals surface area contributed by atoms with E-state index in [-0.39, 0.29) is 12.5 Å². The van der Waals surface area contributed by atoms with Gasteiger partial charge in [0, 0.05) is 28.6 Å². The van der Waals surface area contributed by atoms with Gasteiger partial charge in [-0.1, -0.05) is 29.8 Å². The number of amides is 1. The van der Waals surface area contributed by atoms with Crippen molar-refractivity contribution in [3.05, 3.63) is 47.0 Å². The Morgan fingerprint density at radius 2 is 2.05 bits per heavy atom. The minimum absolute atomic E-state index is 0.0684. The molecule has 0 aliphatic rings. The SMILES string of the molecule is CC(C)NCc1nccn1CC(=O)Nc1ccc(Br)cc1. The van der Waals surface area contributed by atoms with Gasteiger partial charge in [0.1, 0.15) is 12.4 Å². The monoisotopic (exact) mass is 350 g/mol. The van der Waals surface area contributed by atoms with Crippen LogP contribution in [0, 0.1) is 0 Å². The second-order valence-corrected chi connectivity index (χ2v) is 5.98. The number of hydrogen-bond donors (Lipinski definition) is 2. The molecule has 0 spiro atoms. The number of nitrogens with one attached hydrogen (secondary N) is 2. The van der Waals surface area contributed by atoms with Crippen molar-refractivity contribution in [2.75, 3.05) is 5.32 Å². The van der Waals surface area contributed by atoms with Crippen molar-refractivity contribution in [1.82, 2.24) is 14.9 Å². The summed E-state index contributed by atoms with van der Waals surface area (Å²) in [5.41, 5.74) is 0.783. The van der Waals surface area contributed by atoms with Crippen molar-refractivity contribution in [2.24, 2.45) is 0 Å². The molecule has 0 atom stereocenters. The van der Waals surface area contributed by atoms with E-state index in [0.717, 1.165) is 16.0 Å². The molecular formula is C15H19BrN4O. The van der Waals surface area contributed by atoms with E-state index in [1.54, 1.807) is 6.20 Å². The minimum atomic E-state index is -0.0684. The van der Waals surface area contributed by atoms with Gasteiger partial charge in [0.15, 0.2) is 0 Å². The highest BCUT2D eigenvalue weighted by molar-refractivity contribution is 9.10. The lowest BCUT2D eigenvalue weighted by molar-refractivity contribution is -0.116. The lowest BCUT2D eigenvalue weighted by atomic mass is 10.3. The summed E-state index contributed by atoms with van der Waals surface area (Å²) in [6.45, 7) is 5.06. The molecule has 0 unspecified atom stereocenters. The van der Waals surface area contributed by atoms with Crippen LogP contribution in [0.15, 0.2) is 41.1 Å². The molecule has 1 aromatic heterocycles. The molecule has 1 heterocycles. The zero-order valence-electron chi connectivity index (χ0n) is 12.1. The maximum Gasteiger partial charge on any atom is 0.244 e. The summed E-state index contributed by atoms with van der Waals surface area (Å²) in [5, 5.41) is 6.17. The molecule has 1 amide bonds. The first-order valence-electron chi connectivity index (χ1n) is 6.83. The third-order valence-corrected chi connectivity index (χ3v) is 3.44. The number of carbonyl (C=O) groups is 1. The maximum atomic E-state index is 12.1. The van der Waals surface area contributed by atoms with E-state index in [1.807, 2.05) is 35.0 Å². The summed E-state index contributed by atoms with van der Waals surface area (Å²) < 4.78 is 2.83. The first-order valence-corrected chi connectivity index (χ1v) is 7.62. The van der Waals surface area contributed by atoms with Crippen LogP contribution in [0.25, 0.3) is 0 Å².